The summed E-state index contributed by atoms with van der Waals surface area (Å²) in [5.41, 5.74) is 0.180. The van der Waals surface area contributed by atoms with E-state index in [2.05, 4.69) is 10.1 Å². The zero-order chi connectivity index (χ0) is 12.7. The summed E-state index contributed by atoms with van der Waals surface area (Å²) in [5, 5.41) is 3.72. The van der Waals surface area contributed by atoms with E-state index in [0.717, 1.165) is 12.4 Å². The van der Waals surface area contributed by atoms with Crippen molar-refractivity contribution < 1.29 is 13.6 Å². The van der Waals surface area contributed by atoms with E-state index >= 15 is 0 Å². The first-order chi connectivity index (χ1) is 8.19. The van der Waals surface area contributed by atoms with Gasteiger partial charge in [-0.25, -0.2) is 18.4 Å². The first kappa shape index (κ1) is 13.0. The van der Waals surface area contributed by atoms with E-state index in [-0.39, 0.29) is 5.69 Å². The molecule has 0 aliphatic carbocycles. The number of hydrogen-bond donors (Lipinski definition) is 0. The SMILES string of the molecule is CCC=O.Fc1ccc(-n2cncn2)c(F)c1. The number of aromatic nitrogens is 3. The highest BCUT2D eigenvalue weighted by Gasteiger charge is 2.05. The summed E-state index contributed by atoms with van der Waals surface area (Å²) in [4.78, 5) is 12.8. The fraction of sp³-hybridized carbons (Fsp3) is 0.182. The van der Waals surface area contributed by atoms with Gasteiger partial charge in [0.1, 0.15) is 30.4 Å². The van der Waals surface area contributed by atoms with Crippen LogP contribution < -0.4 is 0 Å². The number of halogens is 2. The molecule has 4 nitrogen and oxygen atoms in total. The Hall–Kier alpha value is -2.11. The predicted octanol–water partition coefficient (Wildman–Crippen LogP) is 2.14. The van der Waals surface area contributed by atoms with Crippen LogP contribution in [0, 0.1) is 11.6 Å². The number of nitrogens with zero attached hydrogens (tertiary/aromatic N) is 3. The number of benzene rings is 1. The Bertz CT molecular complexity index is 472. The van der Waals surface area contributed by atoms with Gasteiger partial charge in [-0.05, 0) is 12.1 Å². The number of carbonyl (C=O) groups excluding carboxylic acids is 1. The normalized spacial score (nSPS) is 9.35. The van der Waals surface area contributed by atoms with E-state index < -0.39 is 11.6 Å². The van der Waals surface area contributed by atoms with Crippen LogP contribution in [-0.4, -0.2) is 21.1 Å². The maximum Gasteiger partial charge on any atom is 0.151 e. The largest absolute Gasteiger partial charge is 0.303 e. The van der Waals surface area contributed by atoms with Gasteiger partial charge in [-0.1, -0.05) is 6.92 Å². The van der Waals surface area contributed by atoms with E-state index in [1.807, 2.05) is 6.92 Å². The molecule has 1 aromatic carbocycles. The molecule has 0 amide bonds. The van der Waals surface area contributed by atoms with Crippen LogP contribution in [0.3, 0.4) is 0 Å². The minimum Gasteiger partial charge on any atom is -0.303 e. The van der Waals surface area contributed by atoms with Crippen LogP contribution in [0.2, 0.25) is 0 Å². The molecule has 0 aliphatic rings. The molecule has 2 rings (SSSR count). The lowest BCUT2D eigenvalue weighted by Crippen LogP contribution is -1.98. The predicted molar refractivity (Wildman–Crippen MR) is 57.6 cm³/mol. The van der Waals surface area contributed by atoms with Crippen molar-refractivity contribution in [3.8, 4) is 5.69 Å². The maximum atomic E-state index is 13.1. The second-order valence-corrected chi connectivity index (χ2v) is 3.01. The Morgan fingerprint density at radius 2 is 2.12 bits per heavy atom. The lowest BCUT2D eigenvalue weighted by Gasteiger charge is -2.00. The Labute approximate surface area is 96.9 Å². The van der Waals surface area contributed by atoms with Crippen molar-refractivity contribution in [2.24, 2.45) is 0 Å². The summed E-state index contributed by atoms with van der Waals surface area (Å²) in [6, 6.07) is 3.27. The fourth-order valence-electron chi connectivity index (χ4n) is 1.000. The van der Waals surface area contributed by atoms with E-state index in [1.54, 1.807) is 0 Å². The highest BCUT2D eigenvalue weighted by Crippen LogP contribution is 2.12. The molecule has 1 heterocycles. The number of carbonyl (C=O) groups is 1. The molecule has 6 heteroatoms. The minimum atomic E-state index is -0.662. The average molecular weight is 239 g/mol. The molecule has 2 aromatic rings. The van der Waals surface area contributed by atoms with Crippen LogP contribution in [0.4, 0.5) is 8.78 Å². The topological polar surface area (TPSA) is 47.8 Å². The van der Waals surface area contributed by atoms with Gasteiger partial charge in [0.15, 0.2) is 5.82 Å². The maximum absolute atomic E-state index is 13.1. The van der Waals surface area contributed by atoms with Crippen molar-refractivity contribution in [3.05, 3.63) is 42.5 Å². The average Bonchev–Trinajstić information content (AvgIpc) is 2.83. The second-order valence-electron chi connectivity index (χ2n) is 3.01. The lowest BCUT2D eigenvalue weighted by atomic mass is 10.3. The Kier molecular flexibility index (Phi) is 4.93. The lowest BCUT2D eigenvalue weighted by molar-refractivity contribution is -0.107. The highest BCUT2D eigenvalue weighted by atomic mass is 19.1. The molecule has 0 unspecified atom stereocenters. The van der Waals surface area contributed by atoms with Crippen molar-refractivity contribution in [2.75, 3.05) is 0 Å². The molecule has 17 heavy (non-hydrogen) atoms. The van der Waals surface area contributed by atoms with Crippen LogP contribution in [0.15, 0.2) is 30.9 Å². The number of hydrogen-bond acceptors (Lipinski definition) is 3. The molecule has 0 aliphatic heterocycles. The summed E-state index contributed by atoms with van der Waals surface area (Å²) in [6.07, 6.45) is 4.14. The highest BCUT2D eigenvalue weighted by molar-refractivity contribution is 5.48. The van der Waals surface area contributed by atoms with Gasteiger partial charge in [0.05, 0.1) is 0 Å². The molecule has 0 radical (unpaired) electrons. The number of aldehydes is 1. The Balaban J connectivity index is 0.000000317. The van der Waals surface area contributed by atoms with Crippen molar-refractivity contribution >= 4 is 6.29 Å². The molecule has 0 bridgehead atoms. The molecular weight excluding hydrogens is 228 g/mol. The first-order valence-corrected chi connectivity index (χ1v) is 4.92. The smallest absolute Gasteiger partial charge is 0.151 e. The van der Waals surface area contributed by atoms with Gasteiger partial charge >= 0.3 is 0 Å². The van der Waals surface area contributed by atoms with Gasteiger partial charge in [-0.3, -0.25) is 0 Å². The van der Waals surface area contributed by atoms with Gasteiger partial charge in [0, 0.05) is 12.5 Å². The molecule has 0 N–H and O–H groups in total. The summed E-state index contributed by atoms with van der Waals surface area (Å²) in [7, 11) is 0. The summed E-state index contributed by atoms with van der Waals surface area (Å²) in [5.74, 6) is -1.27. The molecule has 0 fully saturated rings. The Morgan fingerprint density at radius 1 is 1.41 bits per heavy atom. The molecular formula is C11H11F2N3O. The standard InChI is InChI=1S/C8H5F2N3.C3H6O/c9-6-1-2-8(7(10)3-6)13-5-11-4-12-13;1-2-3-4/h1-5H;3H,2H2,1H3. The summed E-state index contributed by atoms with van der Waals surface area (Å²) < 4.78 is 26.8. The van der Waals surface area contributed by atoms with Crippen LogP contribution in [0.1, 0.15) is 13.3 Å². The van der Waals surface area contributed by atoms with E-state index in [4.69, 9.17) is 0 Å². The van der Waals surface area contributed by atoms with E-state index in [9.17, 15) is 13.6 Å². The van der Waals surface area contributed by atoms with Crippen LogP contribution in [0.25, 0.3) is 5.69 Å². The minimum absolute atomic E-state index is 0.180. The Morgan fingerprint density at radius 3 is 2.59 bits per heavy atom. The van der Waals surface area contributed by atoms with Gasteiger partial charge in [0.25, 0.3) is 0 Å². The van der Waals surface area contributed by atoms with Gasteiger partial charge in [0.2, 0.25) is 0 Å². The van der Waals surface area contributed by atoms with Crippen molar-refractivity contribution in [2.45, 2.75) is 13.3 Å². The van der Waals surface area contributed by atoms with Crippen molar-refractivity contribution in [1.29, 1.82) is 0 Å². The van der Waals surface area contributed by atoms with Crippen LogP contribution >= 0.6 is 0 Å². The molecule has 1 aromatic heterocycles. The fourth-order valence-corrected chi connectivity index (χ4v) is 1.000. The van der Waals surface area contributed by atoms with Crippen LogP contribution in [0.5, 0.6) is 0 Å². The van der Waals surface area contributed by atoms with Crippen molar-refractivity contribution in [3.63, 3.8) is 0 Å². The first-order valence-electron chi connectivity index (χ1n) is 4.92. The summed E-state index contributed by atoms with van der Waals surface area (Å²) >= 11 is 0. The zero-order valence-electron chi connectivity index (χ0n) is 9.18. The molecule has 0 spiro atoms. The van der Waals surface area contributed by atoms with E-state index in [0.29, 0.717) is 6.42 Å². The molecule has 0 atom stereocenters. The van der Waals surface area contributed by atoms with Crippen molar-refractivity contribution in [1.82, 2.24) is 14.8 Å². The van der Waals surface area contributed by atoms with Gasteiger partial charge in [-0.15, -0.1) is 0 Å². The second kappa shape index (κ2) is 6.47. The van der Waals surface area contributed by atoms with Gasteiger partial charge in [-0.2, -0.15) is 5.10 Å². The molecule has 0 saturated carbocycles. The third-order valence-electron chi connectivity index (χ3n) is 1.74. The third-order valence-corrected chi connectivity index (χ3v) is 1.74. The quantitative estimate of drug-likeness (QED) is 0.754. The van der Waals surface area contributed by atoms with E-state index in [1.165, 1.54) is 29.5 Å². The molecule has 0 saturated heterocycles. The zero-order valence-corrected chi connectivity index (χ0v) is 9.18. The monoisotopic (exact) mass is 239 g/mol. The van der Waals surface area contributed by atoms with Crippen LogP contribution in [-0.2, 0) is 4.79 Å². The summed E-state index contributed by atoms with van der Waals surface area (Å²) in [6.45, 7) is 1.81. The molecule has 90 valence electrons. The third kappa shape index (κ3) is 3.75. The van der Waals surface area contributed by atoms with Gasteiger partial charge < -0.3 is 4.79 Å². The number of rotatable bonds is 2.